The Balaban J connectivity index is 3.04. The van der Waals surface area contributed by atoms with E-state index in [9.17, 15) is 4.39 Å². The molecule has 1 atom stereocenters. The van der Waals surface area contributed by atoms with E-state index in [2.05, 4.69) is 18.7 Å². The molecule has 0 bridgehead atoms. The molecule has 0 amide bonds. The molecule has 3 nitrogen and oxygen atoms in total. The summed E-state index contributed by atoms with van der Waals surface area (Å²) >= 11 is 0. The predicted octanol–water partition coefficient (Wildman–Crippen LogP) is 2.95. The number of nitriles is 1. The fourth-order valence-electron chi connectivity index (χ4n) is 1.82. The molecule has 1 aromatic rings. The van der Waals surface area contributed by atoms with Crippen LogP contribution in [-0.4, -0.2) is 26.3 Å². The minimum Gasteiger partial charge on any atom is -0.383 e. The van der Waals surface area contributed by atoms with Gasteiger partial charge in [-0.3, -0.25) is 0 Å². The highest BCUT2D eigenvalue weighted by Gasteiger charge is 2.14. The maximum absolute atomic E-state index is 13.5. The molecule has 18 heavy (non-hydrogen) atoms. The van der Waals surface area contributed by atoms with Gasteiger partial charge >= 0.3 is 0 Å². The maximum atomic E-state index is 13.5. The summed E-state index contributed by atoms with van der Waals surface area (Å²) < 4.78 is 18.5. The number of hydrogen-bond donors (Lipinski definition) is 0. The molecule has 0 aliphatic carbocycles. The number of nitrogens with zero attached hydrogens (tertiary/aromatic N) is 2. The Morgan fingerprint density at radius 1 is 1.44 bits per heavy atom. The summed E-state index contributed by atoms with van der Waals surface area (Å²) in [5, 5.41) is 8.88. The third-order valence-electron chi connectivity index (χ3n) is 3.00. The lowest BCUT2D eigenvalue weighted by molar-refractivity contribution is 0.203. The Bertz CT molecular complexity index is 428. The molecule has 1 unspecified atom stereocenters. The van der Waals surface area contributed by atoms with E-state index in [1.165, 1.54) is 12.1 Å². The molecular formula is C14H19FN2O. The van der Waals surface area contributed by atoms with Crippen LogP contribution >= 0.6 is 0 Å². The minimum absolute atomic E-state index is 0.272. The van der Waals surface area contributed by atoms with Gasteiger partial charge in [-0.2, -0.15) is 5.26 Å². The van der Waals surface area contributed by atoms with E-state index in [1.54, 1.807) is 13.2 Å². The molecule has 1 aromatic carbocycles. The molecule has 4 heteroatoms. The average Bonchev–Trinajstić information content (AvgIpc) is 2.38. The third kappa shape index (κ3) is 3.71. The number of rotatable bonds is 6. The molecule has 1 rings (SSSR count). The predicted molar refractivity (Wildman–Crippen MR) is 70.1 cm³/mol. The normalized spacial score (nSPS) is 11.9. The number of methoxy groups -OCH3 is 1. The van der Waals surface area contributed by atoms with Crippen LogP contribution in [0, 0.1) is 17.1 Å². The van der Waals surface area contributed by atoms with Crippen LogP contribution < -0.4 is 4.90 Å². The second kappa shape index (κ2) is 6.97. The lowest BCUT2D eigenvalue weighted by atomic mass is 10.1. The molecule has 0 spiro atoms. The highest BCUT2D eigenvalue weighted by atomic mass is 19.1. The molecular weight excluding hydrogens is 231 g/mol. The summed E-state index contributed by atoms with van der Waals surface area (Å²) in [5.74, 6) is -0.380. The van der Waals surface area contributed by atoms with Crippen LogP contribution in [0.15, 0.2) is 18.2 Å². The van der Waals surface area contributed by atoms with Crippen LogP contribution in [0.5, 0.6) is 0 Å². The second-order valence-electron chi connectivity index (χ2n) is 4.25. The van der Waals surface area contributed by atoms with Gasteiger partial charge in [0.05, 0.1) is 18.2 Å². The molecule has 0 radical (unpaired) electrons. The largest absolute Gasteiger partial charge is 0.383 e. The SMILES string of the molecule is CCC(C)N(CCOC)c1cc(F)cc(C#N)c1. The van der Waals surface area contributed by atoms with Crippen LogP contribution in [0.3, 0.4) is 0 Å². The van der Waals surface area contributed by atoms with E-state index >= 15 is 0 Å². The van der Waals surface area contributed by atoms with Crippen molar-refractivity contribution in [1.29, 1.82) is 5.26 Å². The summed E-state index contributed by atoms with van der Waals surface area (Å²) in [4.78, 5) is 2.06. The van der Waals surface area contributed by atoms with Crippen molar-refractivity contribution in [2.45, 2.75) is 26.3 Å². The third-order valence-corrected chi connectivity index (χ3v) is 3.00. The van der Waals surface area contributed by atoms with Crippen LogP contribution in [-0.2, 0) is 4.74 Å². The molecule has 0 aliphatic heterocycles. The van der Waals surface area contributed by atoms with Crippen molar-refractivity contribution in [2.75, 3.05) is 25.2 Å². The molecule has 0 saturated carbocycles. The first-order valence-corrected chi connectivity index (χ1v) is 6.08. The van der Waals surface area contributed by atoms with E-state index in [0.717, 1.165) is 12.1 Å². The Morgan fingerprint density at radius 2 is 2.17 bits per heavy atom. The number of benzene rings is 1. The summed E-state index contributed by atoms with van der Waals surface area (Å²) in [5.41, 5.74) is 1.08. The topological polar surface area (TPSA) is 36.3 Å². The molecule has 98 valence electrons. The van der Waals surface area contributed by atoms with Gasteiger partial charge < -0.3 is 9.64 Å². The van der Waals surface area contributed by atoms with Gasteiger partial charge in [0, 0.05) is 25.4 Å². The number of ether oxygens (including phenoxy) is 1. The molecule has 0 aliphatic rings. The lowest BCUT2D eigenvalue weighted by Gasteiger charge is -2.30. The van der Waals surface area contributed by atoms with Gasteiger partial charge in [-0.05, 0) is 31.5 Å². The van der Waals surface area contributed by atoms with E-state index in [-0.39, 0.29) is 11.9 Å². The summed E-state index contributed by atoms with van der Waals surface area (Å²) in [6.07, 6.45) is 0.947. The van der Waals surface area contributed by atoms with Crippen molar-refractivity contribution in [2.24, 2.45) is 0 Å². The van der Waals surface area contributed by atoms with Gasteiger partial charge in [0.2, 0.25) is 0 Å². The van der Waals surface area contributed by atoms with Crippen LogP contribution in [0.1, 0.15) is 25.8 Å². The van der Waals surface area contributed by atoms with Gasteiger partial charge in [0.1, 0.15) is 5.82 Å². The van der Waals surface area contributed by atoms with Gasteiger partial charge in [-0.1, -0.05) is 6.92 Å². The first-order chi connectivity index (χ1) is 8.62. The lowest BCUT2D eigenvalue weighted by Crippen LogP contribution is -2.35. The second-order valence-corrected chi connectivity index (χ2v) is 4.25. The van der Waals surface area contributed by atoms with Crippen molar-refractivity contribution in [3.05, 3.63) is 29.6 Å². The molecule has 0 fully saturated rings. The van der Waals surface area contributed by atoms with Gasteiger partial charge in [-0.15, -0.1) is 0 Å². The first-order valence-electron chi connectivity index (χ1n) is 6.08. The maximum Gasteiger partial charge on any atom is 0.126 e. The van der Waals surface area contributed by atoms with E-state index in [1.807, 2.05) is 6.07 Å². The Labute approximate surface area is 108 Å². The van der Waals surface area contributed by atoms with Crippen molar-refractivity contribution < 1.29 is 9.13 Å². The molecule has 0 N–H and O–H groups in total. The monoisotopic (exact) mass is 250 g/mol. The zero-order valence-electron chi connectivity index (χ0n) is 11.1. The van der Waals surface area contributed by atoms with Gasteiger partial charge in [0.25, 0.3) is 0 Å². The smallest absolute Gasteiger partial charge is 0.126 e. The quantitative estimate of drug-likeness (QED) is 0.778. The van der Waals surface area contributed by atoms with Crippen LogP contribution in [0.4, 0.5) is 10.1 Å². The Hall–Kier alpha value is -1.60. The highest BCUT2D eigenvalue weighted by molar-refractivity contribution is 5.52. The number of halogens is 1. The zero-order chi connectivity index (χ0) is 13.5. The van der Waals surface area contributed by atoms with E-state index in [4.69, 9.17) is 10.00 Å². The minimum atomic E-state index is -0.380. The zero-order valence-corrected chi connectivity index (χ0v) is 11.1. The molecule has 0 saturated heterocycles. The summed E-state index contributed by atoms with van der Waals surface area (Å²) in [7, 11) is 1.64. The van der Waals surface area contributed by atoms with Crippen molar-refractivity contribution >= 4 is 5.69 Å². The average molecular weight is 250 g/mol. The van der Waals surface area contributed by atoms with Crippen molar-refractivity contribution in [3.8, 4) is 6.07 Å². The molecule has 0 aromatic heterocycles. The van der Waals surface area contributed by atoms with E-state index < -0.39 is 0 Å². The standard InChI is InChI=1S/C14H19FN2O/c1-4-11(2)17(5-6-18-3)14-8-12(10-16)7-13(15)9-14/h7-9,11H,4-6H2,1-3H3. The Kier molecular flexibility index (Phi) is 5.60. The van der Waals surface area contributed by atoms with Crippen LogP contribution in [0.25, 0.3) is 0 Å². The van der Waals surface area contributed by atoms with Crippen molar-refractivity contribution in [3.63, 3.8) is 0 Å². The number of hydrogen-bond acceptors (Lipinski definition) is 3. The van der Waals surface area contributed by atoms with Gasteiger partial charge in [0.15, 0.2) is 0 Å². The van der Waals surface area contributed by atoms with Crippen molar-refractivity contribution in [1.82, 2.24) is 0 Å². The first kappa shape index (κ1) is 14.5. The highest BCUT2D eigenvalue weighted by Crippen LogP contribution is 2.21. The number of anilines is 1. The Morgan fingerprint density at radius 3 is 2.72 bits per heavy atom. The fraction of sp³-hybridized carbons (Fsp3) is 0.500. The van der Waals surface area contributed by atoms with E-state index in [0.29, 0.717) is 18.7 Å². The van der Waals surface area contributed by atoms with Gasteiger partial charge in [-0.25, -0.2) is 4.39 Å². The fourth-order valence-corrected chi connectivity index (χ4v) is 1.82. The molecule has 0 heterocycles. The van der Waals surface area contributed by atoms with Crippen LogP contribution in [0.2, 0.25) is 0 Å². The summed E-state index contributed by atoms with van der Waals surface area (Å²) in [6, 6.07) is 6.67. The summed E-state index contributed by atoms with van der Waals surface area (Å²) in [6.45, 7) is 5.41.